The van der Waals surface area contributed by atoms with Crippen LogP contribution in [-0.4, -0.2) is 40.7 Å². The average molecular weight is 518 g/mol. The van der Waals surface area contributed by atoms with Gasteiger partial charge in [0.15, 0.2) is 0 Å². The largest absolute Gasteiger partial charge is 0.359 e. The van der Waals surface area contributed by atoms with E-state index in [1.165, 1.54) is 26.2 Å². The van der Waals surface area contributed by atoms with Gasteiger partial charge in [-0.15, -0.1) is 0 Å². The van der Waals surface area contributed by atoms with Crippen LogP contribution in [0, 0.1) is 13.8 Å². The molecular weight excluding hydrogens is 478 g/mol. The van der Waals surface area contributed by atoms with Crippen molar-refractivity contribution in [2.24, 2.45) is 0 Å². The van der Waals surface area contributed by atoms with Gasteiger partial charge in [0, 0.05) is 43.8 Å². The van der Waals surface area contributed by atoms with Gasteiger partial charge in [-0.25, -0.2) is 4.98 Å². The van der Waals surface area contributed by atoms with E-state index in [-0.39, 0.29) is 17.9 Å². The van der Waals surface area contributed by atoms with Crippen LogP contribution in [0.2, 0.25) is 0 Å². The van der Waals surface area contributed by atoms with E-state index in [0.29, 0.717) is 6.54 Å². The summed E-state index contributed by atoms with van der Waals surface area (Å²) >= 11 is 0. The second kappa shape index (κ2) is 14.1. The molecule has 0 aliphatic heterocycles. The van der Waals surface area contributed by atoms with Crippen LogP contribution in [0.15, 0.2) is 60.9 Å². The van der Waals surface area contributed by atoms with Gasteiger partial charge in [0.25, 0.3) is 0 Å². The molecule has 1 fully saturated rings. The molecule has 38 heavy (non-hydrogen) atoms. The summed E-state index contributed by atoms with van der Waals surface area (Å²) in [4.78, 5) is 40.8. The van der Waals surface area contributed by atoms with Gasteiger partial charge in [-0.05, 0) is 56.0 Å². The zero-order valence-corrected chi connectivity index (χ0v) is 22.8. The number of likely N-dealkylation sites (N-methyl/N-ethyl adjacent to an activating group) is 1. The number of hydrogen-bond acceptors (Lipinski definition) is 5. The van der Waals surface area contributed by atoms with Crippen LogP contribution in [0.5, 0.6) is 0 Å². The smallest absolute Gasteiger partial charge is 0.247 e. The first-order valence-corrected chi connectivity index (χ1v) is 13.2. The van der Waals surface area contributed by atoms with Crippen molar-refractivity contribution in [3.8, 4) is 0 Å². The molecule has 1 aliphatic rings. The van der Waals surface area contributed by atoms with Crippen LogP contribution in [0.3, 0.4) is 0 Å². The number of nitrogens with zero attached hydrogens (tertiary/aromatic N) is 3. The average Bonchev–Trinajstić information content (AvgIpc) is 3.30. The van der Waals surface area contributed by atoms with E-state index in [1.807, 2.05) is 74.3 Å². The predicted molar refractivity (Wildman–Crippen MR) is 151 cm³/mol. The number of nitrogens with one attached hydrogen (secondary N) is 2. The molecule has 8 heteroatoms. The first-order valence-electron chi connectivity index (χ1n) is 13.2. The summed E-state index contributed by atoms with van der Waals surface area (Å²) in [6.45, 7) is 5.80. The minimum absolute atomic E-state index is 0.0265. The first-order chi connectivity index (χ1) is 18.3. The van der Waals surface area contributed by atoms with E-state index in [1.54, 1.807) is 17.0 Å². The summed E-state index contributed by atoms with van der Waals surface area (Å²) in [5.74, 6) is 0.788. The van der Waals surface area contributed by atoms with E-state index >= 15 is 0 Å². The number of benzene rings is 2. The van der Waals surface area contributed by atoms with E-state index < -0.39 is 6.04 Å². The molecule has 1 heterocycles. The predicted octanol–water partition coefficient (Wildman–Crippen LogP) is 4.97. The maximum atomic E-state index is 13.4. The molecule has 0 bridgehead atoms. The van der Waals surface area contributed by atoms with Crippen molar-refractivity contribution in [1.82, 2.24) is 14.9 Å². The van der Waals surface area contributed by atoms with Crippen LogP contribution >= 0.6 is 0 Å². The van der Waals surface area contributed by atoms with Gasteiger partial charge in [0.2, 0.25) is 11.8 Å². The molecule has 2 N–H and O–H groups in total. The fraction of sp³-hybridized carbons (Fsp3) is 0.400. The third-order valence-corrected chi connectivity index (χ3v) is 6.84. The minimum Gasteiger partial charge on any atom is -0.359 e. The van der Waals surface area contributed by atoms with Gasteiger partial charge in [0.1, 0.15) is 18.2 Å². The van der Waals surface area contributed by atoms with Gasteiger partial charge in [-0.2, -0.15) is 0 Å². The highest BCUT2D eigenvalue weighted by molar-refractivity contribution is 5.90. The van der Waals surface area contributed by atoms with Crippen molar-refractivity contribution < 1.29 is 14.4 Å². The summed E-state index contributed by atoms with van der Waals surface area (Å²) < 4.78 is 1.78. The zero-order valence-electron chi connectivity index (χ0n) is 22.8. The second-order valence-corrected chi connectivity index (χ2v) is 9.74. The fourth-order valence-corrected chi connectivity index (χ4v) is 4.78. The lowest BCUT2D eigenvalue weighted by Crippen LogP contribution is -2.44. The number of carbonyl (C=O) groups excluding carboxylic acids is 3. The highest BCUT2D eigenvalue weighted by Crippen LogP contribution is 2.30. The molecular formula is C30H39N5O3. The Bertz CT molecular complexity index is 1220. The van der Waals surface area contributed by atoms with Crippen LogP contribution in [0.1, 0.15) is 62.0 Å². The minimum atomic E-state index is -0.439. The molecule has 1 aliphatic carbocycles. The molecule has 0 saturated heterocycles. The number of imidazole rings is 1. The monoisotopic (exact) mass is 517 g/mol. The topological polar surface area (TPSA) is 96.3 Å². The zero-order chi connectivity index (χ0) is 27.5. The quantitative estimate of drug-likeness (QED) is 0.411. The number of aldehydes is 1. The summed E-state index contributed by atoms with van der Waals surface area (Å²) in [6, 6.07) is 15.5. The fourth-order valence-electron chi connectivity index (χ4n) is 4.78. The van der Waals surface area contributed by atoms with Crippen molar-refractivity contribution in [2.45, 2.75) is 71.5 Å². The van der Waals surface area contributed by atoms with Crippen molar-refractivity contribution in [1.29, 1.82) is 0 Å². The van der Waals surface area contributed by atoms with Gasteiger partial charge in [-0.3, -0.25) is 9.59 Å². The summed E-state index contributed by atoms with van der Waals surface area (Å²) in [5, 5.41) is 6.11. The number of anilines is 2. The Kier molecular flexibility index (Phi) is 10.6. The van der Waals surface area contributed by atoms with E-state index in [0.717, 1.165) is 47.5 Å². The Balaban J connectivity index is 0.000000375. The third kappa shape index (κ3) is 8.03. The molecule has 3 aromatic rings. The van der Waals surface area contributed by atoms with Gasteiger partial charge < -0.3 is 24.9 Å². The Hall–Kier alpha value is -3.94. The van der Waals surface area contributed by atoms with Crippen LogP contribution in [0.25, 0.3) is 0 Å². The number of aryl methyl sites for hydroxylation is 2. The Morgan fingerprint density at radius 1 is 1.11 bits per heavy atom. The van der Waals surface area contributed by atoms with Crippen molar-refractivity contribution in [2.75, 3.05) is 17.3 Å². The standard InChI is InChI=1S/C24H31N3O2.C6H8N2O/c1-17-10-7-8-15-22(17)23(24(29)26-19-11-5-4-6-12-19)27(3)21-14-9-13-20(16-21)25-18(2)28;1-6-7-2-3-8(6)4-5-9/h7-10,13-16,19,23H,4-6,11-12H2,1-3H3,(H,25,28)(H,26,29);2-3,5H,4H2,1H3. The molecule has 1 unspecified atom stereocenters. The van der Waals surface area contributed by atoms with E-state index in [9.17, 15) is 14.4 Å². The number of aromatic nitrogens is 2. The SMILES string of the molecule is CC(=O)Nc1cccc(N(C)C(C(=O)NC2CCCCC2)c2ccccc2C)c1.Cc1nccn1CC=O. The van der Waals surface area contributed by atoms with E-state index in [2.05, 4.69) is 15.6 Å². The molecule has 2 amide bonds. The normalized spacial score (nSPS) is 14.0. The van der Waals surface area contributed by atoms with Gasteiger partial charge >= 0.3 is 0 Å². The first kappa shape index (κ1) is 28.6. The van der Waals surface area contributed by atoms with Crippen molar-refractivity contribution in [3.05, 3.63) is 77.9 Å². The van der Waals surface area contributed by atoms with Gasteiger partial charge in [-0.1, -0.05) is 49.6 Å². The molecule has 1 aromatic heterocycles. The molecule has 0 spiro atoms. The molecule has 8 nitrogen and oxygen atoms in total. The van der Waals surface area contributed by atoms with Crippen LogP contribution in [0.4, 0.5) is 11.4 Å². The number of rotatable bonds is 8. The number of hydrogen-bond donors (Lipinski definition) is 2. The molecule has 202 valence electrons. The second-order valence-electron chi connectivity index (χ2n) is 9.74. The summed E-state index contributed by atoms with van der Waals surface area (Å²) in [7, 11) is 1.93. The maximum absolute atomic E-state index is 13.4. The molecule has 1 atom stereocenters. The number of carbonyl (C=O) groups is 3. The highest BCUT2D eigenvalue weighted by Gasteiger charge is 2.29. The Morgan fingerprint density at radius 2 is 1.84 bits per heavy atom. The highest BCUT2D eigenvalue weighted by atomic mass is 16.2. The lowest BCUT2D eigenvalue weighted by Gasteiger charge is -2.33. The van der Waals surface area contributed by atoms with E-state index in [4.69, 9.17) is 0 Å². The third-order valence-electron chi connectivity index (χ3n) is 6.84. The Morgan fingerprint density at radius 3 is 2.47 bits per heavy atom. The van der Waals surface area contributed by atoms with Gasteiger partial charge in [0.05, 0.1) is 6.54 Å². The molecule has 0 radical (unpaired) electrons. The lowest BCUT2D eigenvalue weighted by atomic mass is 9.94. The molecule has 4 rings (SSSR count). The van der Waals surface area contributed by atoms with Crippen LogP contribution < -0.4 is 15.5 Å². The molecule has 1 saturated carbocycles. The molecule has 2 aromatic carbocycles. The number of amides is 2. The van der Waals surface area contributed by atoms with Crippen LogP contribution in [-0.2, 0) is 20.9 Å². The summed E-state index contributed by atoms with van der Waals surface area (Å²) in [6.07, 6.45) is 10.0. The Labute approximate surface area is 225 Å². The lowest BCUT2D eigenvalue weighted by molar-refractivity contribution is -0.123. The van der Waals surface area contributed by atoms with Crippen molar-refractivity contribution in [3.63, 3.8) is 0 Å². The maximum Gasteiger partial charge on any atom is 0.247 e. The summed E-state index contributed by atoms with van der Waals surface area (Å²) in [5.41, 5.74) is 3.68. The van der Waals surface area contributed by atoms with Crippen molar-refractivity contribution >= 4 is 29.5 Å².